The first kappa shape index (κ1) is 19.3. The van der Waals surface area contributed by atoms with Gasteiger partial charge < -0.3 is 13.9 Å². The fourth-order valence-corrected chi connectivity index (χ4v) is 2.99. The van der Waals surface area contributed by atoms with E-state index in [0.29, 0.717) is 26.9 Å². The number of carbonyl (C=O) groups is 1. The van der Waals surface area contributed by atoms with Gasteiger partial charge in [0.15, 0.2) is 6.61 Å². The third-order valence-electron chi connectivity index (χ3n) is 4.07. The summed E-state index contributed by atoms with van der Waals surface area (Å²) in [7, 11) is 0. The Morgan fingerprint density at radius 3 is 2.56 bits per heavy atom. The minimum atomic E-state index is -0.591. The second-order valence-corrected chi connectivity index (χ2v) is 6.89. The molecule has 0 aliphatic heterocycles. The Morgan fingerprint density at radius 2 is 1.81 bits per heavy atom. The van der Waals surface area contributed by atoms with Crippen molar-refractivity contribution in [2.24, 2.45) is 0 Å². The van der Waals surface area contributed by atoms with Crippen molar-refractivity contribution < 1.29 is 18.7 Å². The molecule has 0 bridgehead atoms. The Hall–Kier alpha value is -2.50. The fraction of sp³-hybridized carbons (Fsp3) is 0.200. The van der Waals surface area contributed by atoms with E-state index in [1.54, 1.807) is 18.2 Å². The minimum Gasteiger partial charge on any atom is -0.480 e. The molecule has 27 heavy (non-hydrogen) atoms. The van der Waals surface area contributed by atoms with E-state index in [1.807, 2.05) is 19.9 Å². The van der Waals surface area contributed by atoms with Gasteiger partial charge in [0, 0.05) is 22.0 Å². The molecule has 0 saturated heterocycles. The number of hydrogen-bond acceptors (Lipinski definition) is 5. The molecule has 0 saturated carbocycles. The highest BCUT2D eigenvalue weighted by atomic mass is 35.5. The number of benzene rings is 2. The summed E-state index contributed by atoms with van der Waals surface area (Å²) >= 11 is 11.8. The zero-order valence-corrected chi connectivity index (χ0v) is 16.2. The third-order valence-corrected chi connectivity index (χ3v) is 4.60. The minimum absolute atomic E-state index is 0.0683. The molecule has 0 aliphatic carbocycles. The van der Waals surface area contributed by atoms with Crippen molar-refractivity contribution in [3.8, 4) is 5.75 Å². The number of esters is 1. The van der Waals surface area contributed by atoms with Crippen LogP contribution in [-0.2, 0) is 16.1 Å². The maximum absolute atomic E-state index is 12.0. The Labute approximate surface area is 165 Å². The van der Waals surface area contributed by atoms with Crippen LogP contribution in [-0.4, -0.2) is 12.6 Å². The number of halogens is 2. The molecule has 0 amide bonds. The van der Waals surface area contributed by atoms with Crippen LogP contribution in [0.25, 0.3) is 11.0 Å². The van der Waals surface area contributed by atoms with Crippen molar-refractivity contribution in [3.05, 3.63) is 73.6 Å². The lowest BCUT2D eigenvalue weighted by Crippen LogP contribution is -2.15. The Kier molecular flexibility index (Phi) is 5.73. The second kappa shape index (κ2) is 8.03. The van der Waals surface area contributed by atoms with Crippen LogP contribution in [0, 0.1) is 13.8 Å². The van der Waals surface area contributed by atoms with Gasteiger partial charge in [0.05, 0.1) is 5.02 Å². The molecule has 3 aromatic rings. The van der Waals surface area contributed by atoms with E-state index < -0.39 is 11.6 Å². The molecule has 2 aromatic carbocycles. The van der Waals surface area contributed by atoms with E-state index in [2.05, 4.69) is 0 Å². The lowest BCUT2D eigenvalue weighted by Gasteiger charge is -2.10. The van der Waals surface area contributed by atoms with E-state index in [4.69, 9.17) is 37.1 Å². The maximum atomic E-state index is 12.0. The quantitative estimate of drug-likeness (QED) is 0.447. The number of fused-ring (bicyclic) bond motifs is 1. The van der Waals surface area contributed by atoms with Gasteiger partial charge in [0.25, 0.3) is 0 Å². The molecule has 0 aliphatic rings. The van der Waals surface area contributed by atoms with E-state index in [0.717, 1.165) is 16.5 Å². The summed E-state index contributed by atoms with van der Waals surface area (Å²) in [6, 6.07) is 9.71. The first-order valence-electron chi connectivity index (χ1n) is 8.11. The van der Waals surface area contributed by atoms with Gasteiger partial charge >= 0.3 is 11.6 Å². The van der Waals surface area contributed by atoms with E-state index in [9.17, 15) is 9.59 Å². The average Bonchev–Trinajstić information content (AvgIpc) is 2.60. The molecule has 140 valence electrons. The summed E-state index contributed by atoms with van der Waals surface area (Å²) in [5.74, 6) is -0.263. The predicted molar refractivity (Wildman–Crippen MR) is 104 cm³/mol. The number of carbonyl (C=O) groups excluding carboxylic acids is 1. The van der Waals surface area contributed by atoms with Crippen LogP contribution >= 0.6 is 23.2 Å². The number of hydrogen-bond donors (Lipinski definition) is 0. The second-order valence-electron chi connectivity index (χ2n) is 6.05. The molecule has 0 unspecified atom stereocenters. The first-order chi connectivity index (χ1) is 12.8. The molecule has 0 radical (unpaired) electrons. The maximum Gasteiger partial charge on any atom is 0.344 e. The summed E-state index contributed by atoms with van der Waals surface area (Å²) in [6.07, 6.45) is 0. The molecule has 3 rings (SSSR count). The summed E-state index contributed by atoms with van der Waals surface area (Å²) in [5, 5.41) is 1.50. The molecule has 0 spiro atoms. The summed E-state index contributed by atoms with van der Waals surface area (Å²) in [5.41, 5.74) is 2.58. The standard InChI is InChI=1S/C20H16Cl2O5/c1-11-5-15-13(7-19(23)27-18(15)6-12(11)2)9-26-20(24)10-25-17-4-3-14(21)8-16(17)22/h3-8H,9-10H2,1-2H3. The van der Waals surface area contributed by atoms with Crippen LogP contribution < -0.4 is 10.4 Å². The van der Waals surface area contributed by atoms with Crippen molar-refractivity contribution in [1.82, 2.24) is 0 Å². The molecule has 0 fully saturated rings. The highest BCUT2D eigenvalue weighted by Gasteiger charge is 2.12. The van der Waals surface area contributed by atoms with Gasteiger partial charge in [-0.2, -0.15) is 0 Å². The topological polar surface area (TPSA) is 65.7 Å². The normalized spacial score (nSPS) is 10.8. The van der Waals surface area contributed by atoms with Crippen LogP contribution in [0.2, 0.25) is 10.0 Å². The lowest BCUT2D eigenvalue weighted by molar-refractivity contribution is -0.147. The molecule has 1 heterocycles. The molecular weight excluding hydrogens is 391 g/mol. The van der Waals surface area contributed by atoms with E-state index >= 15 is 0 Å². The van der Waals surface area contributed by atoms with Gasteiger partial charge in [-0.1, -0.05) is 23.2 Å². The summed E-state index contributed by atoms with van der Waals surface area (Å²) in [6.45, 7) is 3.50. The van der Waals surface area contributed by atoms with Gasteiger partial charge in [-0.15, -0.1) is 0 Å². The molecule has 7 heteroatoms. The molecule has 0 N–H and O–H groups in total. The fourth-order valence-electron chi connectivity index (χ4n) is 2.53. The Morgan fingerprint density at radius 1 is 1.07 bits per heavy atom. The number of aryl methyl sites for hydroxylation is 2. The first-order valence-corrected chi connectivity index (χ1v) is 8.86. The third kappa shape index (κ3) is 4.62. The zero-order chi connectivity index (χ0) is 19.6. The van der Waals surface area contributed by atoms with Gasteiger partial charge in [-0.05, 0) is 55.3 Å². The van der Waals surface area contributed by atoms with E-state index in [-0.39, 0.29) is 13.2 Å². The van der Waals surface area contributed by atoms with E-state index in [1.165, 1.54) is 12.1 Å². The smallest absolute Gasteiger partial charge is 0.344 e. The highest BCUT2D eigenvalue weighted by Crippen LogP contribution is 2.27. The van der Waals surface area contributed by atoms with Crippen molar-refractivity contribution in [2.75, 3.05) is 6.61 Å². The van der Waals surface area contributed by atoms with Crippen LogP contribution in [0.4, 0.5) is 0 Å². The van der Waals surface area contributed by atoms with Crippen molar-refractivity contribution >= 4 is 40.1 Å². The van der Waals surface area contributed by atoms with Gasteiger partial charge in [-0.25, -0.2) is 9.59 Å². The van der Waals surface area contributed by atoms with Crippen LogP contribution in [0.3, 0.4) is 0 Å². The van der Waals surface area contributed by atoms with Crippen molar-refractivity contribution in [2.45, 2.75) is 20.5 Å². The van der Waals surface area contributed by atoms with Crippen LogP contribution in [0.5, 0.6) is 5.75 Å². The number of rotatable bonds is 5. The monoisotopic (exact) mass is 406 g/mol. The SMILES string of the molecule is Cc1cc2oc(=O)cc(COC(=O)COc3ccc(Cl)cc3Cl)c2cc1C. The van der Waals surface area contributed by atoms with Gasteiger partial charge in [0.2, 0.25) is 0 Å². The zero-order valence-electron chi connectivity index (χ0n) is 14.7. The highest BCUT2D eigenvalue weighted by molar-refractivity contribution is 6.35. The molecule has 0 atom stereocenters. The lowest BCUT2D eigenvalue weighted by atomic mass is 10.0. The van der Waals surface area contributed by atoms with Crippen molar-refractivity contribution in [1.29, 1.82) is 0 Å². The predicted octanol–water partition coefficient (Wildman–Crippen LogP) is 4.84. The Balaban J connectivity index is 1.70. The van der Waals surface area contributed by atoms with Crippen molar-refractivity contribution in [3.63, 3.8) is 0 Å². The molecule has 5 nitrogen and oxygen atoms in total. The summed E-state index contributed by atoms with van der Waals surface area (Å²) < 4.78 is 15.8. The van der Waals surface area contributed by atoms with Gasteiger partial charge in [0.1, 0.15) is 17.9 Å². The Bertz CT molecular complexity index is 1070. The molecular formula is C20H16Cl2O5. The summed E-state index contributed by atoms with van der Waals surface area (Å²) in [4.78, 5) is 23.8. The number of ether oxygens (including phenoxy) is 2. The van der Waals surface area contributed by atoms with Crippen LogP contribution in [0.15, 0.2) is 45.6 Å². The van der Waals surface area contributed by atoms with Gasteiger partial charge in [-0.3, -0.25) is 0 Å². The largest absolute Gasteiger partial charge is 0.480 e. The van der Waals surface area contributed by atoms with Crippen LogP contribution in [0.1, 0.15) is 16.7 Å². The average molecular weight is 407 g/mol. The molecule has 1 aromatic heterocycles.